The van der Waals surface area contributed by atoms with Crippen molar-refractivity contribution in [3.05, 3.63) is 193 Å². The average molecular weight is 638 g/mol. The average Bonchev–Trinajstić information content (AvgIpc) is 3.19. The Balaban J connectivity index is 1.13. The fourth-order valence-electron chi connectivity index (χ4n) is 7.62. The van der Waals surface area contributed by atoms with Crippen LogP contribution in [0.2, 0.25) is 0 Å². The van der Waals surface area contributed by atoms with Crippen LogP contribution in [0.1, 0.15) is 22.9 Å². The van der Waals surface area contributed by atoms with Crippen LogP contribution in [-0.4, -0.2) is 11.7 Å². The van der Waals surface area contributed by atoms with E-state index in [-0.39, 0.29) is 0 Å². The number of nitrogens with one attached hydrogen (secondary N) is 1. The second-order valence-electron chi connectivity index (χ2n) is 13.0. The number of amidine groups is 2. The zero-order valence-electron chi connectivity index (χ0n) is 27.2. The monoisotopic (exact) mass is 637 g/mol. The topological polar surface area (TPSA) is 36.8 Å². The van der Waals surface area contributed by atoms with Gasteiger partial charge in [-0.05, 0) is 71.1 Å². The second kappa shape index (κ2) is 11.5. The number of fused-ring (bicyclic) bond motifs is 7. The van der Waals surface area contributed by atoms with Crippen molar-refractivity contribution in [2.24, 2.45) is 9.98 Å². The summed E-state index contributed by atoms with van der Waals surface area (Å²) in [6.07, 6.45) is -0.429. The van der Waals surface area contributed by atoms with E-state index in [0.717, 1.165) is 28.4 Å². The van der Waals surface area contributed by atoms with Crippen LogP contribution < -0.4 is 5.32 Å². The Hall–Kier alpha value is -6.58. The lowest BCUT2D eigenvalue weighted by molar-refractivity contribution is 0.762. The summed E-state index contributed by atoms with van der Waals surface area (Å²) in [6, 6.07) is 62.9. The molecule has 50 heavy (non-hydrogen) atoms. The van der Waals surface area contributed by atoms with Gasteiger partial charge in [-0.1, -0.05) is 170 Å². The van der Waals surface area contributed by atoms with Crippen molar-refractivity contribution in [3.8, 4) is 11.1 Å². The second-order valence-corrected chi connectivity index (χ2v) is 13.0. The van der Waals surface area contributed by atoms with Crippen LogP contribution in [0.15, 0.2) is 186 Å². The van der Waals surface area contributed by atoms with Crippen LogP contribution in [0.4, 0.5) is 0 Å². The molecule has 1 aliphatic rings. The molecule has 0 spiro atoms. The Morgan fingerprint density at radius 2 is 0.920 bits per heavy atom. The molecule has 1 atom stereocenters. The van der Waals surface area contributed by atoms with Crippen LogP contribution in [0.3, 0.4) is 0 Å². The zero-order valence-corrected chi connectivity index (χ0v) is 27.2. The van der Waals surface area contributed by atoms with Crippen LogP contribution in [0.5, 0.6) is 0 Å². The fourth-order valence-corrected chi connectivity index (χ4v) is 7.62. The summed E-state index contributed by atoms with van der Waals surface area (Å²) >= 11 is 0. The highest BCUT2D eigenvalue weighted by molar-refractivity contribution is 6.21. The minimum absolute atomic E-state index is 0.429. The smallest absolute Gasteiger partial charge is 0.170 e. The number of hydrogen-bond donors (Lipinski definition) is 1. The van der Waals surface area contributed by atoms with Crippen molar-refractivity contribution in [2.45, 2.75) is 6.17 Å². The number of rotatable bonds is 4. The summed E-state index contributed by atoms with van der Waals surface area (Å²) in [4.78, 5) is 10.6. The predicted molar refractivity (Wildman–Crippen MR) is 211 cm³/mol. The SMILES string of the molecule is c1ccc2cc(C3=NC(c4cccc5c4ccc4ccc6ccccc6c45)N=C(c4ccc(-c5cccc6ccccc56)cc4)N3)ccc2c1. The summed E-state index contributed by atoms with van der Waals surface area (Å²) in [5.74, 6) is 1.62. The molecule has 0 aromatic heterocycles. The molecule has 234 valence electrons. The van der Waals surface area contributed by atoms with Crippen LogP contribution in [0, 0.1) is 0 Å². The first kappa shape index (κ1) is 28.4. The maximum atomic E-state index is 5.32. The van der Waals surface area contributed by atoms with E-state index >= 15 is 0 Å². The highest BCUT2D eigenvalue weighted by atomic mass is 15.2. The molecule has 1 heterocycles. The van der Waals surface area contributed by atoms with E-state index in [4.69, 9.17) is 9.98 Å². The van der Waals surface area contributed by atoms with Crippen molar-refractivity contribution in [2.75, 3.05) is 0 Å². The third kappa shape index (κ3) is 4.75. The molecule has 3 heteroatoms. The van der Waals surface area contributed by atoms with Gasteiger partial charge in [-0.2, -0.15) is 0 Å². The number of benzene rings is 9. The van der Waals surface area contributed by atoms with Crippen molar-refractivity contribution in [3.63, 3.8) is 0 Å². The number of nitrogens with zero attached hydrogens (tertiary/aromatic N) is 2. The first-order chi connectivity index (χ1) is 24.8. The molecule has 1 unspecified atom stereocenters. The molecule has 0 amide bonds. The third-order valence-electron chi connectivity index (χ3n) is 10.1. The minimum Gasteiger partial charge on any atom is -0.324 e. The van der Waals surface area contributed by atoms with Crippen molar-refractivity contribution < 1.29 is 0 Å². The van der Waals surface area contributed by atoms with Gasteiger partial charge >= 0.3 is 0 Å². The van der Waals surface area contributed by atoms with Crippen molar-refractivity contribution in [1.29, 1.82) is 0 Å². The van der Waals surface area contributed by atoms with Crippen molar-refractivity contribution in [1.82, 2.24) is 5.32 Å². The summed E-state index contributed by atoms with van der Waals surface area (Å²) in [6.45, 7) is 0. The van der Waals surface area contributed by atoms with E-state index in [2.05, 4.69) is 181 Å². The quantitative estimate of drug-likeness (QED) is 0.192. The van der Waals surface area contributed by atoms with E-state index in [1.54, 1.807) is 0 Å². The van der Waals surface area contributed by atoms with Gasteiger partial charge in [0.1, 0.15) is 11.7 Å². The highest BCUT2D eigenvalue weighted by Gasteiger charge is 2.23. The summed E-state index contributed by atoms with van der Waals surface area (Å²) in [5, 5.41) is 15.9. The van der Waals surface area contributed by atoms with Gasteiger partial charge in [-0.25, -0.2) is 9.98 Å². The van der Waals surface area contributed by atoms with Crippen LogP contribution >= 0.6 is 0 Å². The Labute approximate surface area is 289 Å². The molecule has 1 N–H and O–H groups in total. The van der Waals surface area contributed by atoms with E-state index in [1.807, 2.05) is 0 Å². The molecule has 0 saturated heterocycles. The van der Waals surface area contributed by atoms with E-state index in [9.17, 15) is 0 Å². The molecule has 0 bridgehead atoms. The van der Waals surface area contributed by atoms with Gasteiger partial charge in [-0.15, -0.1) is 0 Å². The molecule has 0 radical (unpaired) electrons. The minimum atomic E-state index is -0.429. The summed E-state index contributed by atoms with van der Waals surface area (Å²) in [7, 11) is 0. The van der Waals surface area contributed by atoms with Gasteiger partial charge in [0.05, 0.1) is 0 Å². The van der Waals surface area contributed by atoms with Crippen LogP contribution in [0.25, 0.3) is 65.0 Å². The lowest BCUT2D eigenvalue weighted by atomic mass is 9.93. The van der Waals surface area contributed by atoms with Gasteiger partial charge < -0.3 is 5.32 Å². The maximum Gasteiger partial charge on any atom is 0.170 e. The Kier molecular flexibility index (Phi) is 6.56. The normalized spacial score (nSPS) is 14.6. The molecule has 0 aliphatic carbocycles. The molecule has 9 aromatic carbocycles. The molecule has 10 rings (SSSR count). The van der Waals surface area contributed by atoms with Crippen LogP contribution in [-0.2, 0) is 0 Å². The van der Waals surface area contributed by atoms with Crippen molar-refractivity contribution >= 4 is 65.5 Å². The maximum absolute atomic E-state index is 5.32. The Morgan fingerprint density at radius 3 is 1.76 bits per heavy atom. The molecule has 0 fully saturated rings. The van der Waals surface area contributed by atoms with Gasteiger partial charge in [0.2, 0.25) is 0 Å². The molecule has 0 saturated carbocycles. The molecular weight excluding hydrogens is 607 g/mol. The molecule has 9 aromatic rings. The van der Waals surface area contributed by atoms with Gasteiger partial charge in [-0.3, -0.25) is 0 Å². The zero-order chi connectivity index (χ0) is 33.0. The summed E-state index contributed by atoms with van der Waals surface area (Å²) < 4.78 is 0. The number of aliphatic imine (C=N–C) groups is 2. The van der Waals surface area contributed by atoms with E-state index < -0.39 is 6.17 Å². The predicted octanol–water partition coefficient (Wildman–Crippen LogP) is 11.6. The van der Waals surface area contributed by atoms with E-state index in [1.165, 1.54) is 65.0 Å². The van der Waals surface area contributed by atoms with Gasteiger partial charge in [0, 0.05) is 16.7 Å². The highest BCUT2D eigenvalue weighted by Crippen LogP contribution is 2.37. The standard InChI is InChI=1S/C47H31N3/c1-2-12-36-29-37(26-19-30(36)9-1)46-48-45(35-24-21-33(22-25-35)39-16-7-13-31-10-3-5-14-38(31)39)49-47(50-46)43-18-8-17-42-41(43)28-27-34-23-20-32-11-4-6-15-40(32)44(34)42/h1-29,47H,(H,48,49,50). The molecular formula is C47H31N3. The Bertz CT molecular complexity index is 2840. The first-order valence-corrected chi connectivity index (χ1v) is 17.1. The summed E-state index contributed by atoms with van der Waals surface area (Å²) in [5.41, 5.74) is 5.53. The van der Waals surface area contributed by atoms with Gasteiger partial charge in [0.25, 0.3) is 0 Å². The largest absolute Gasteiger partial charge is 0.324 e. The van der Waals surface area contributed by atoms with E-state index in [0.29, 0.717) is 0 Å². The van der Waals surface area contributed by atoms with Gasteiger partial charge in [0.15, 0.2) is 6.17 Å². The lowest BCUT2D eigenvalue weighted by Gasteiger charge is -2.24. The number of hydrogen-bond acceptors (Lipinski definition) is 3. The lowest BCUT2D eigenvalue weighted by Crippen LogP contribution is -2.36. The fraction of sp³-hybridized carbons (Fsp3) is 0.0213. The Morgan fingerprint density at radius 1 is 0.360 bits per heavy atom. The molecule has 3 nitrogen and oxygen atoms in total. The third-order valence-corrected chi connectivity index (χ3v) is 10.1. The first-order valence-electron chi connectivity index (χ1n) is 17.1. The molecule has 1 aliphatic heterocycles.